The number of rotatable bonds is 5. The first-order valence-electron chi connectivity index (χ1n) is 12.0. The number of carbonyl (C=O) groups excluding carboxylic acids is 2. The number of likely N-dealkylation sites (tertiary alicyclic amines) is 2. The smallest absolute Gasteiger partial charge is 0.289 e. The van der Waals surface area contributed by atoms with Crippen molar-refractivity contribution in [2.75, 3.05) is 26.2 Å². The topological polar surface area (TPSA) is 106 Å². The summed E-state index contributed by atoms with van der Waals surface area (Å²) in [5.41, 5.74) is 2.24. The van der Waals surface area contributed by atoms with Gasteiger partial charge in [0.1, 0.15) is 17.3 Å². The van der Waals surface area contributed by atoms with Gasteiger partial charge in [-0.05, 0) is 58.6 Å². The monoisotopic (exact) mass is 466 g/mol. The molecular formula is C25H30N4O5. The van der Waals surface area contributed by atoms with E-state index in [2.05, 4.69) is 10.1 Å². The van der Waals surface area contributed by atoms with Crippen molar-refractivity contribution >= 4 is 11.8 Å². The van der Waals surface area contributed by atoms with Crippen LogP contribution < -0.4 is 0 Å². The number of nitrogens with zero attached hydrogens (tertiary/aromatic N) is 4. The molecule has 2 aliphatic rings. The minimum absolute atomic E-state index is 0.0390. The van der Waals surface area contributed by atoms with Crippen LogP contribution in [0.3, 0.4) is 0 Å². The zero-order valence-corrected chi connectivity index (χ0v) is 19.9. The third-order valence-electron chi connectivity index (χ3n) is 6.95. The first-order chi connectivity index (χ1) is 16.4. The average molecular weight is 467 g/mol. The number of oxazole rings is 1. The van der Waals surface area contributed by atoms with Crippen molar-refractivity contribution in [1.82, 2.24) is 19.9 Å². The highest BCUT2D eigenvalue weighted by molar-refractivity contribution is 5.93. The van der Waals surface area contributed by atoms with Crippen molar-refractivity contribution in [3.05, 3.63) is 58.0 Å². The predicted molar refractivity (Wildman–Crippen MR) is 122 cm³/mol. The highest BCUT2D eigenvalue weighted by Gasteiger charge is 2.31. The molecule has 2 saturated heterocycles. The summed E-state index contributed by atoms with van der Waals surface area (Å²) in [6.07, 6.45) is 4.09. The Balaban J connectivity index is 1.19. The van der Waals surface area contributed by atoms with Gasteiger partial charge in [-0.3, -0.25) is 9.59 Å². The quantitative estimate of drug-likeness (QED) is 0.559. The summed E-state index contributed by atoms with van der Waals surface area (Å²) in [6.45, 7) is 8.30. The predicted octanol–water partition coefficient (Wildman–Crippen LogP) is 4.03. The molecule has 0 aromatic carbocycles. The van der Waals surface area contributed by atoms with Gasteiger partial charge >= 0.3 is 0 Å². The lowest BCUT2D eigenvalue weighted by molar-refractivity contribution is 0.0672. The molecule has 5 heterocycles. The molecule has 5 rings (SSSR count). The summed E-state index contributed by atoms with van der Waals surface area (Å²) in [5, 5.41) is 3.97. The molecule has 3 aromatic heterocycles. The van der Waals surface area contributed by atoms with Crippen molar-refractivity contribution in [2.24, 2.45) is 0 Å². The fourth-order valence-corrected chi connectivity index (χ4v) is 4.86. The molecule has 2 aliphatic heterocycles. The summed E-state index contributed by atoms with van der Waals surface area (Å²) >= 11 is 0. The Morgan fingerprint density at radius 2 is 1.65 bits per heavy atom. The second kappa shape index (κ2) is 9.12. The van der Waals surface area contributed by atoms with Crippen LogP contribution in [0.15, 0.2) is 25.5 Å². The molecule has 34 heavy (non-hydrogen) atoms. The van der Waals surface area contributed by atoms with Gasteiger partial charge in [-0.15, -0.1) is 0 Å². The Morgan fingerprint density at radius 1 is 0.941 bits per heavy atom. The van der Waals surface area contributed by atoms with E-state index in [9.17, 15) is 9.59 Å². The largest absolute Gasteiger partial charge is 0.456 e. The van der Waals surface area contributed by atoms with E-state index in [0.29, 0.717) is 48.4 Å². The van der Waals surface area contributed by atoms with Gasteiger partial charge in [-0.25, -0.2) is 4.98 Å². The normalized spacial score (nSPS) is 17.0. The molecule has 2 amide bonds. The van der Waals surface area contributed by atoms with Gasteiger partial charge < -0.3 is 23.2 Å². The maximum absolute atomic E-state index is 13.0. The van der Waals surface area contributed by atoms with Gasteiger partial charge in [0.05, 0.1) is 5.69 Å². The Bertz CT molecular complexity index is 1170. The van der Waals surface area contributed by atoms with Gasteiger partial charge in [-0.2, -0.15) is 0 Å². The Labute approximate surface area is 198 Å². The summed E-state index contributed by atoms with van der Waals surface area (Å²) in [4.78, 5) is 34.0. The third kappa shape index (κ3) is 4.26. The number of aromatic nitrogens is 2. The van der Waals surface area contributed by atoms with Crippen molar-refractivity contribution < 1.29 is 22.9 Å². The van der Waals surface area contributed by atoms with E-state index in [1.807, 2.05) is 24.8 Å². The number of amides is 2. The van der Waals surface area contributed by atoms with Crippen LogP contribution in [0, 0.1) is 20.8 Å². The second-order valence-corrected chi connectivity index (χ2v) is 9.27. The Kier molecular flexibility index (Phi) is 6.02. The highest BCUT2D eigenvalue weighted by Crippen LogP contribution is 2.30. The van der Waals surface area contributed by atoms with E-state index in [1.54, 1.807) is 17.9 Å². The van der Waals surface area contributed by atoms with Crippen LogP contribution in [-0.4, -0.2) is 57.9 Å². The molecule has 0 bridgehead atoms. The molecule has 0 unspecified atom stereocenters. The maximum Gasteiger partial charge on any atom is 0.289 e. The van der Waals surface area contributed by atoms with Crippen LogP contribution >= 0.6 is 0 Å². The molecule has 0 radical (unpaired) electrons. The Hall–Kier alpha value is -3.36. The van der Waals surface area contributed by atoms with E-state index in [1.165, 1.54) is 0 Å². The molecule has 3 aromatic rings. The molecule has 9 nitrogen and oxygen atoms in total. The SMILES string of the molecule is Cc1noc(C)c1Cc1ccc(C(=O)N2CCC(c3nc(C(=O)N4CCCC4)c(C)o3)CC2)o1. The van der Waals surface area contributed by atoms with E-state index in [-0.39, 0.29) is 17.7 Å². The maximum atomic E-state index is 13.0. The van der Waals surface area contributed by atoms with Crippen molar-refractivity contribution in [3.63, 3.8) is 0 Å². The van der Waals surface area contributed by atoms with Gasteiger partial charge in [0, 0.05) is 44.1 Å². The molecule has 2 fully saturated rings. The molecule has 0 saturated carbocycles. The van der Waals surface area contributed by atoms with Gasteiger partial charge in [0.2, 0.25) is 0 Å². The number of furan rings is 1. The third-order valence-corrected chi connectivity index (χ3v) is 6.95. The number of piperidine rings is 1. The van der Waals surface area contributed by atoms with Crippen LogP contribution in [0.25, 0.3) is 0 Å². The van der Waals surface area contributed by atoms with E-state index in [4.69, 9.17) is 13.4 Å². The van der Waals surface area contributed by atoms with Gasteiger partial charge in [-0.1, -0.05) is 5.16 Å². The first-order valence-corrected chi connectivity index (χ1v) is 12.0. The molecule has 9 heteroatoms. The minimum Gasteiger partial charge on any atom is -0.456 e. The number of aryl methyl sites for hydroxylation is 3. The zero-order valence-electron chi connectivity index (χ0n) is 19.9. The van der Waals surface area contributed by atoms with Crippen LogP contribution in [0.1, 0.15) is 87.1 Å². The number of carbonyl (C=O) groups is 2. The van der Waals surface area contributed by atoms with Gasteiger partial charge in [0.15, 0.2) is 17.3 Å². The fraction of sp³-hybridized carbons (Fsp3) is 0.520. The average Bonchev–Trinajstić information content (AvgIpc) is 3.64. The lowest BCUT2D eigenvalue weighted by Gasteiger charge is -2.30. The molecule has 180 valence electrons. The minimum atomic E-state index is -0.114. The van der Waals surface area contributed by atoms with Crippen LogP contribution in [0.5, 0.6) is 0 Å². The summed E-state index contributed by atoms with van der Waals surface area (Å²) in [7, 11) is 0. The second-order valence-electron chi connectivity index (χ2n) is 9.27. The van der Waals surface area contributed by atoms with Gasteiger partial charge in [0.25, 0.3) is 11.8 Å². The molecule has 0 atom stereocenters. The lowest BCUT2D eigenvalue weighted by Crippen LogP contribution is -2.37. The van der Waals surface area contributed by atoms with Crippen molar-refractivity contribution in [3.8, 4) is 0 Å². The summed E-state index contributed by atoms with van der Waals surface area (Å²) in [5.74, 6) is 2.92. The number of hydrogen-bond acceptors (Lipinski definition) is 7. The summed E-state index contributed by atoms with van der Waals surface area (Å²) < 4.78 is 17.0. The Morgan fingerprint density at radius 3 is 2.32 bits per heavy atom. The molecular weight excluding hydrogens is 436 g/mol. The van der Waals surface area contributed by atoms with E-state index >= 15 is 0 Å². The van der Waals surface area contributed by atoms with Crippen LogP contribution in [0.4, 0.5) is 0 Å². The van der Waals surface area contributed by atoms with Crippen LogP contribution in [0.2, 0.25) is 0 Å². The van der Waals surface area contributed by atoms with Crippen molar-refractivity contribution in [2.45, 2.75) is 58.8 Å². The molecule has 0 N–H and O–H groups in total. The van der Waals surface area contributed by atoms with Crippen molar-refractivity contribution in [1.29, 1.82) is 0 Å². The lowest BCUT2D eigenvalue weighted by atomic mass is 9.96. The van der Waals surface area contributed by atoms with Crippen LogP contribution in [-0.2, 0) is 6.42 Å². The highest BCUT2D eigenvalue weighted by atomic mass is 16.5. The molecule has 0 aliphatic carbocycles. The van der Waals surface area contributed by atoms with E-state index < -0.39 is 0 Å². The first kappa shape index (κ1) is 22.4. The molecule has 0 spiro atoms. The number of hydrogen-bond donors (Lipinski definition) is 0. The summed E-state index contributed by atoms with van der Waals surface area (Å²) in [6, 6.07) is 3.57. The zero-order chi connectivity index (χ0) is 23.8. The standard InChI is InChI=1S/C25H30N4O5/c1-15-20(16(2)34-27-15)14-19-6-7-21(33-19)24(30)29-12-8-18(9-13-29)23-26-22(17(3)32-23)25(31)28-10-4-5-11-28/h6-7,18H,4-5,8-14H2,1-3H3. The fourth-order valence-electron chi connectivity index (χ4n) is 4.86. The van der Waals surface area contributed by atoms with E-state index in [0.717, 1.165) is 55.8 Å².